The van der Waals surface area contributed by atoms with Crippen molar-refractivity contribution in [2.24, 2.45) is 23.7 Å². The Bertz CT molecular complexity index is 1770. The van der Waals surface area contributed by atoms with Gasteiger partial charge in [0.25, 0.3) is 0 Å². The molecule has 0 rings (SSSR count). The van der Waals surface area contributed by atoms with Gasteiger partial charge in [-0.1, -0.05) is 293 Å². The largest absolute Gasteiger partial charge is 0.472 e. The molecule has 19 heteroatoms. The normalized spacial score (nSPS) is 14.6. The van der Waals surface area contributed by atoms with Crippen molar-refractivity contribution in [1.29, 1.82) is 0 Å². The number of carbonyl (C=O) groups is 4. The maximum absolute atomic E-state index is 13.0. The van der Waals surface area contributed by atoms with Crippen LogP contribution in [0.1, 0.15) is 344 Å². The number of hydrogen-bond acceptors (Lipinski definition) is 15. The molecule has 89 heavy (non-hydrogen) atoms. The van der Waals surface area contributed by atoms with Crippen LogP contribution in [0.4, 0.5) is 0 Å². The molecule has 0 amide bonds. The minimum Gasteiger partial charge on any atom is -0.462 e. The summed E-state index contributed by atoms with van der Waals surface area (Å²) in [6.45, 7) is 14.0. The molecule has 0 aliphatic carbocycles. The number of aliphatic hydroxyl groups excluding tert-OH is 1. The molecular weight excluding hydrogens is 1170 g/mol. The Morgan fingerprint density at radius 2 is 0.539 bits per heavy atom. The quantitative estimate of drug-likeness (QED) is 0.0222. The first-order valence-corrected chi connectivity index (χ1v) is 39.2. The van der Waals surface area contributed by atoms with Gasteiger partial charge >= 0.3 is 39.5 Å². The van der Waals surface area contributed by atoms with Crippen LogP contribution in [-0.4, -0.2) is 96.7 Å². The average molecular weight is 1310 g/mol. The third-order valence-electron chi connectivity index (χ3n) is 16.4. The number of rotatable bonds is 67. The molecule has 6 atom stereocenters. The molecule has 528 valence electrons. The molecule has 3 unspecified atom stereocenters. The summed E-state index contributed by atoms with van der Waals surface area (Å²) in [4.78, 5) is 72.4. The van der Waals surface area contributed by atoms with Crippen molar-refractivity contribution in [3.05, 3.63) is 0 Å². The van der Waals surface area contributed by atoms with Crippen molar-refractivity contribution in [3.8, 4) is 0 Å². The van der Waals surface area contributed by atoms with Gasteiger partial charge in [0.05, 0.1) is 26.4 Å². The minimum atomic E-state index is -4.95. The summed E-state index contributed by atoms with van der Waals surface area (Å²) >= 11 is 0. The molecular formula is C70H136O17P2. The van der Waals surface area contributed by atoms with Crippen molar-refractivity contribution >= 4 is 39.5 Å². The standard InChI is InChI=1S/C70H136O17P2/c1-9-63(8)49-41-33-23-20-21-24-34-42-50-67(72)80-56-65(86-69(74)52-44-36-25-19-17-15-13-11-10-12-14-16-18-22-30-38-46-60(2)3)58-84-88(76,77)82-54-64(71)55-83-89(78,79)85-59-66(87-70(75)53-45-37-29-27-32-40-48-62(6)7)57-81-68(73)51-43-35-28-26-31-39-47-61(4)5/h60-66,71H,9-59H2,1-8H3,(H,76,77)(H,78,79)/t63?,64-,65-,66-/m1/s1. The van der Waals surface area contributed by atoms with Gasteiger partial charge in [-0.2, -0.15) is 0 Å². The number of unbranched alkanes of at least 4 members (excludes halogenated alkanes) is 32. The van der Waals surface area contributed by atoms with E-state index in [0.717, 1.165) is 108 Å². The van der Waals surface area contributed by atoms with Crippen molar-refractivity contribution in [3.63, 3.8) is 0 Å². The Balaban J connectivity index is 5.20. The first-order chi connectivity index (χ1) is 42.6. The maximum Gasteiger partial charge on any atom is 0.472 e. The van der Waals surface area contributed by atoms with Gasteiger partial charge in [-0.25, -0.2) is 9.13 Å². The molecule has 0 heterocycles. The Hall–Kier alpha value is -1.94. The number of carbonyl (C=O) groups excluding carboxylic acids is 4. The van der Waals surface area contributed by atoms with E-state index >= 15 is 0 Å². The van der Waals surface area contributed by atoms with Gasteiger partial charge in [-0.05, 0) is 49.4 Å². The highest BCUT2D eigenvalue weighted by molar-refractivity contribution is 7.47. The van der Waals surface area contributed by atoms with Crippen molar-refractivity contribution < 1.29 is 80.2 Å². The molecule has 0 aromatic rings. The lowest BCUT2D eigenvalue weighted by Gasteiger charge is -2.21. The van der Waals surface area contributed by atoms with E-state index < -0.39 is 97.5 Å². The van der Waals surface area contributed by atoms with Crippen LogP contribution in [0.5, 0.6) is 0 Å². The topological polar surface area (TPSA) is 237 Å². The number of ether oxygens (including phenoxy) is 4. The minimum absolute atomic E-state index is 0.101. The van der Waals surface area contributed by atoms with E-state index in [1.54, 1.807) is 0 Å². The molecule has 0 spiro atoms. The van der Waals surface area contributed by atoms with Gasteiger partial charge in [0.1, 0.15) is 19.3 Å². The van der Waals surface area contributed by atoms with Gasteiger partial charge in [0.15, 0.2) is 12.2 Å². The smallest absolute Gasteiger partial charge is 0.462 e. The third-order valence-corrected chi connectivity index (χ3v) is 18.3. The van der Waals surface area contributed by atoms with Crippen LogP contribution in [0, 0.1) is 23.7 Å². The van der Waals surface area contributed by atoms with E-state index in [4.69, 9.17) is 37.0 Å². The number of hydrogen-bond donors (Lipinski definition) is 3. The van der Waals surface area contributed by atoms with Crippen LogP contribution in [0.3, 0.4) is 0 Å². The number of phosphoric ester groups is 2. The molecule has 0 aliphatic heterocycles. The lowest BCUT2D eigenvalue weighted by atomic mass is 9.99. The molecule has 0 fully saturated rings. The Morgan fingerprint density at radius 1 is 0.315 bits per heavy atom. The van der Waals surface area contributed by atoms with E-state index in [-0.39, 0.29) is 25.7 Å². The van der Waals surface area contributed by atoms with E-state index in [1.807, 2.05) is 0 Å². The van der Waals surface area contributed by atoms with Crippen LogP contribution in [-0.2, 0) is 65.4 Å². The second-order valence-electron chi connectivity index (χ2n) is 26.9. The summed E-state index contributed by atoms with van der Waals surface area (Å²) in [7, 11) is -9.90. The lowest BCUT2D eigenvalue weighted by molar-refractivity contribution is -0.161. The van der Waals surface area contributed by atoms with E-state index in [1.165, 1.54) is 141 Å². The van der Waals surface area contributed by atoms with Crippen LogP contribution >= 0.6 is 15.6 Å². The van der Waals surface area contributed by atoms with Crippen LogP contribution in [0.25, 0.3) is 0 Å². The third kappa shape index (κ3) is 63.2. The first-order valence-electron chi connectivity index (χ1n) is 36.2. The molecule has 17 nitrogen and oxygen atoms in total. The van der Waals surface area contributed by atoms with E-state index in [9.17, 15) is 43.2 Å². The molecule has 0 aromatic carbocycles. The zero-order valence-corrected chi connectivity index (χ0v) is 59.8. The van der Waals surface area contributed by atoms with Crippen molar-refractivity contribution in [2.75, 3.05) is 39.6 Å². The van der Waals surface area contributed by atoms with Crippen LogP contribution < -0.4 is 0 Å². The zero-order valence-electron chi connectivity index (χ0n) is 58.1. The van der Waals surface area contributed by atoms with Gasteiger partial charge < -0.3 is 33.8 Å². The fraction of sp³-hybridized carbons (Fsp3) is 0.943. The molecule has 0 aromatic heterocycles. The fourth-order valence-electron chi connectivity index (χ4n) is 10.5. The predicted molar refractivity (Wildman–Crippen MR) is 358 cm³/mol. The second kappa shape index (κ2) is 59.8. The highest BCUT2D eigenvalue weighted by Gasteiger charge is 2.30. The molecule has 0 saturated heterocycles. The van der Waals surface area contributed by atoms with Gasteiger partial charge in [-0.3, -0.25) is 37.3 Å². The van der Waals surface area contributed by atoms with Crippen LogP contribution in [0.15, 0.2) is 0 Å². The predicted octanol–water partition coefficient (Wildman–Crippen LogP) is 19.7. The lowest BCUT2D eigenvalue weighted by Crippen LogP contribution is -2.30. The summed E-state index contributed by atoms with van der Waals surface area (Å²) in [5.74, 6) is 0.799. The SMILES string of the molecule is CCC(C)CCCCCCCCCCC(=O)OC[C@H](COP(=O)(O)OC[C@@H](O)COP(=O)(O)OC[C@@H](COC(=O)CCCCCCCCC(C)C)OC(=O)CCCCCCCCC(C)C)OC(=O)CCCCCCCCCCCCCCCCCCC(C)C. The molecule has 3 N–H and O–H groups in total. The molecule has 0 aliphatic rings. The second-order valence-corrected chi connectivity index (χ2v) is 29.8. The number of phosphoric acid groups is 2. The van der Waals surface area contributed by atoms with E-state index in [0.29, 0.717) is 37.5 Å². The van der Waals surface area contributed by atoms with Gasteiger partial charge in [-0.15, -0.1) is 0 Å². The maximum atomic E-state index is 13.0. The van der Waals surface area contributed by atoms with Crippen LogP contribution in [0.2, 0.25) is 0 Å². The Labute approximate surface area is 543 Å². The van der Waals surface area contributed by atoms with E-state index in [2.05, 4.69) is 55.4 Å². The monoisotopic (exact) mass is 1310 g/mol. The Morgan fingerprint density at radius 3 is 0.798 bits per heavy atom. The van der Waals surface area contributed by atoms with Gasteiger partial charge in [0.2, 0.25) is 0 Å². The average Bonchev–Trinajstić information content (AvgIpc) is 3.70. The summed E-state index contributed by atoms with van der Waals surface area (Å²) in [6, 6.07) is 0. The van der Waals surface area contributed by atoms with Crippen molar-refractivity contribution in [1.82, 2.24) is 0 Å². The first kappa shape index (κ1) is 87.1. The fourth-order valence-corrected chi connectivity index (χ4v) is 12.0. The zero-order chi connectivity index (χ0) is 66.1. The van der Waals surface area contributed by atoms with Gasteiger partial charge in [0, 0.05) is 25.7 Å². The Kier molecular flexibility index (Phi) is 58.5. The summed E-state index contributed by atoms with van der Waals surface area (Å²) < 4.78 is 68.2. The summed E-state index contributed by atoms with van der Waals surface area (Å²) in [5, 5.41) is 10.6. The highest BCUT2D eigenvalue weighted by Crippen LogP contribution is 2.45. The summed E-state index contributed by atoms with van der Waals surface area (Å²) in [6.07, 6.45) is 42.1. The highest BCUT2D eigenvalue weighted by atomic mass is 31.2. The van der Waals surface area contributed by atoms with Crippen molar-refractivity contribution in [2.45, 2.75) is 363 Å². The molecule has 0 radical (unpaired) electrons. The number of esters is 4. The molecule has 0 bridgehead atoms. The molecule has 0 saturated carbocycles. The number of aliphatic hydroxyl groups is 1. The summed E-state index contributed by atoms with van der Waals surface area (Å²) in [5.41, 5.74) is 0.